The van der Waals surface area contributed by atoms with Crippen molar-refractivity contribution in [2.45, 2.75) is 26.7 Å². The quantitative estimate of drug-likeness (QED) is 0.599. The van der Waals surface area contributed by atoms with Crippen LogP contribution in [0.5, 0.6) is 0 Å². The molecule has 0 aromatic heterocycles. The molecule has 1 aromatic carbocycles. The van der Waals surface area contributed by atoms with Crippen LogP contribution in [0.1, 0.15) is 32.3 Å². The smallest absolute Gasteiger partial charge is 0.0245 e. The SMILES string of the molecule is CCCC(C)C#Cc1ccccc1. The molecule has 0 fully saturated rings. The number of hydrogen-bond donors (Lipinski definition) is 0. The Kier molecular flexibility index (Phi) is 4.12. The van der Waals surface area contributed by atoms with Gasteiger partial charge in [-0.1, -0.05) is 50.3 Å². The molecule has 0 amide bonds. The Morgan fingerprint density at radius 3 is 2.54 bits per heavy atom. The molecule has 0 aliphatic rings. The largest absolute Gasteiger partial charge is 0.0948 e. The Labute approximate surface area is 81.0 Å². The lowest BCUT2D eigenvalue weighted by atomic mass is 10.1. The van der Waals surface area contributed by atoms with Crippen LogP contribution < -0.4 is 0 Å². The maximum atomic E-state index is 3.25. The van der Waals surface area contributed by atoms with E-state index in [1.165, 1.54) is 12.8 Å². The first kappa shape index (κ1) is 9.86. The van der Waals surface area contributed by atoms with Gasteiger partial charge in [0.25, 0.3) is 0 Å². The number of benzene rings is 1. The summed E-state index contributed by atoms with van der Waals surface area (Å²) in [5, 5.41) is 0. The summed E-state index contributed by atoms with van der Waals surface area (Å²) in [6.45, 7) is 4.38. The van der Waals surface area contributed by atoms with Crippen molar-refractivity contribution in [2.75, 3.05) is 0 Å². The number of rotatable bonds is 2. The molecule has 0 saturated heterocycles. The zero-order valence-corrected chi connectivity index (χ0v) is 8.38. The minimum absolute atomic E-state index is 0.519. The van der Waals surface area contributed by atoms with Crippen molar-refractivity contribution in [3.05, 3.63) is 35.9 Å². The van der Waals surface area contributed by atoms with Gasteiger partial charge in [-0.25, -0.2) is 0 Å². The van der Waals surface area contributed by atoms with Crippen LogP contribution in [0, 0.1) is 17.8 Å². The van der Waals surface area contributed by atoms with Crippen molar-refractivity contribution < 1.29 is 0 Å². The first-order chi connectivity index (χ1) is 6.33. The van der Waals surface area contributed by atoms with Crippen LogP contribution in [0.25, 0.3) is 0 Å². The number of hydrogen-bond acceptors (Lipinski definition) is 0. The molecule has 0 bridgehead atoms. The van der Waals surface area contributed by atoms with E-state index in [9.17, 15) is 0 Å². The summed E-state index contributed by atoms with van der Waals surface area (Å²) in [4.78, 5) is 0. The highest BCUT2D eigenvalue weighted by atomic mass is 14.0. The highest BCUT2D eigenvalue weighted by molar-refractivity contribution is 5.33. The van der Waals surface area contributed by atoms with E-state index in [1.807, 2.05) is 30.3 Å². The van der Waals surface area contributed by atoms with Gasteiger partial charge in [-0.3, -0.25) is 0 Å². The van der Waals surface area contributed by atoms with Gasteiger partial charge in [0, 0.05) is 11.5 Å². The van der Waals surface area contributed by atoms with Gasteiger partial charge in [0.15, 0.2) is 0 Å². The summed E-state index contributed by atoms with van der Waals surface area (Å²) in [5.41, 5.74) is 1.12. The van der Waals surface area contributed by atoms with Gasteiger partial charge >= 0.3 is 0 Å². The van der Waals surface area contributed by atoms with E-state index in [-0.39, 0.29) is 0 Å². The van der Waals surface area contributed by atoms with Crippen LogP contribution in [0.3, 0.4) is 0 Å². The van der Waals surface area contributed by atoms with Gasteiger partial charge in [-0.2, -0.15) is 0 Å². The van der Waals surface area contributed by atoms with Crippen LogP contribution in [0.4, 0.5) is 0 Å². The fourth-order valence-corrected chi connectivity index (χ4v) is 1.23. The fourth-order valence-electron chi connectivity index (χ4n) is 1.23. The molecule has 1 aromatic rings. The molecule has 0 radical (unpaired) electrons. The molecule has 0 aliphatic carbocycles. The standard InChI is InChI=1S/C13H16/c1-3-7-12(2)10-11-13-8-5-4-6-9-13/h4-6,8-9,12H,3,7H2,1-2H3. The average molecular weight is 172 g/mol. The molecule has 13 heavy (non-hydrogen) atoms. The predicted molar refractivity (Wildman–Crippen MR) is 57.4 cm³/mol. The summed E-state index contributed by atoms with van der Waals surface area (Å²) in [5.74, 6) is 6.95. The molecule has 1 atom stereocenters. The maximum absolute atomic E-state index is 3.25. The lowest BCUT2D eigenvalue weighted by molar-refractivity contribution is 0.653. The van der Waals surface area contributed by atoms with Crippen LogP contribution in [0.15, 0.2) is 30.3 Å². The van der Waals surface area contributed by atoms with Crippen LogP contribution in [-0.4, -0.2) is 0 Å². The fraction of sp³-hybridized carbons (Fsp3) is 0.385. The first-order valence-electron chi connectivity index (χ1n) is 4.89. The average Bonchev–Trinajstić information content (AvgIpc) is 2.17. The molecule has 0 saturated carbocycles. The summed E-state index contributed by atoms with van der Waals surface area (Å²) in [6.07, 6.45) is 2.41. The van der Waals surface area contributed by atoms with Crippen molar-refractivity contribution in [1.82, 2.24) is 0 Å². The predicted octanol–water partition coefficient (Wildman–Crippen LogP) is 3.47. The van der Waals surface area contributed by atoms with Crippen molar-refractivity contribution in [2.24, 2.45) is 5.92 Å². The minimum Gasteiger partial charge on any atom is -0.0948 e. The van der Waals surface area contributed by atoms with Crippen LogP contribution in [-0.2, 0) is 0 Å². The van der Waals surface area contributed by atoms with E-state index in [2.05, 4.69) is 25.7 Å². The summed E-state index contributed by atoms with van der Waals surface area (Å²) in [6, 6.07) is 10.2. The van der Waals surface area contributed by atoms with Gasteiger partial charge in [-0.05, 0) is 18.6 Å². The summed E-state index contributed by atoms with van der Waals surface area (Å²) < 4.78 is 0. The lowest BCUT2D eigenvalue weighted by Gasteiger charge is -1.97. The molecule has 0 nitrogen and oxygen atoms in total. The van der Waals surface area contributed by atoms with E-state index in [4.69, 9.17) is 0 Å². The van der Waals surface area contributed by atoms with Gasteiger partial charge < -0.3 is 0 Å². The second kappa shape index (κ2) is 5.43. The highest BCUT2D eigenvalue weighted by Gasteiger charge is 1.92. The Balaban J connectivity index is 2.57. The maximum Gasteiger partial charge on any atom is 0.0245 e. The van der Waals surface area contributed by atoms with Crippen molar-refractivity contribution >= 4 is 0 Å². The zero-order valence-electron chi connectivity index (χ0n) is 8.38. The van der Waals surface area contributed by atoms with E-state index in [1.54, 1.807) is 0 Å². The van der Waals surface area contributed by atoms with Crippen molar-refractivity contribution in [3.63, 3.8) is 0 Å². The van der Waals surface area contributed by atoms with Gasteiger partial charge in [0.1, 0.15) is 0 Å². The van der Waals surface area contributed by atoms with Crippen LogP contribution in [0.2, 0.25) is 0 Å². The zero-order chi connectivity index (χ0) is 9.52. The third-order valence-corrected chi connectivity index (χ3v) is 1.96. The topological polar surface area (TPSA) is 0 Å². The normalized spacial score (nSPS) is 11.5. The molecule has 0 N–H and O–H groups in total. The highest BCUT2D eigenvalue weighted by Crippen LogP contribution is 2.03. The molecular formula is C13H16. The van der Waals surface area contributed by atoms with E-state index in [0.29, 0.717) is 5.92 Å². The molecule has 1 rings (SSSR count). The lowest BCUT2D eigenvalue weighted by Crippen LogP contribution is -1.87. The van der Waals surface area contributed by atoms with Gasteiger partial charge in [0.05, 0.1) is 0 Å². The molecule has 0 spiro atoms. The van der Waals surface area contributed by atoms with Gasteiger partial charge in [-0.15, -0.1) is 0 Å². The van der Waals surface area contributed by atoms with Gasteiger partial charge in [0.2, 0.25) is 0 Å². The van der Waals surface area contributed by atoms with Crippen molar-refractivity contribution in [3.8, 4) is 11.8 Å². The molecule has 0 heterocycles. The van der Waals surface area contributed by atoms with E-state index >= 15 is 0 Å². The minimum atomic E-state index is 0.519. The second-order valence-corrected chi connectivity index (χ2v) is 3.33. The molecule has 0 aliphatic heterocycles. The summed E-state index contributed by atoms with van der Waals surface area (Å²) >= 11 is 0. The monoisotopic (exact) mass is 172 g/mol. The third kappa shape index (κ3) is 3.80. The van der Waals surface area contributed by atoms with E-state index < -0.39 is 0 Å². The Hall–Kier alpha value is -1.22. The summed E-state index contributed by atoms with van der Waals surface area (Å²) in [7, 11) is 0. The molecular weight excluding hydrogens is 156 g/mol. The Morgan fingerprint density at radius 2 is 1.92 bits per heavy atom. The Morgan fingerprint density at radius 1 is 1.23 bits per heavy atom. The second-order valence-electron chi connectivity index (χ2n) is 3.33. The van der Waals surface area contributed by atoms with Crippen molar-refractivity contribution in [1.29, 1.82) is 0 Å². The molecule has 68 valence electrons. The third-order valence-electron chi connectivity index (χ3n) is 1.96. The molecule has 0 heteroatoms. The Bertz CT molecular complexity index is 287. The first-order valence-corrected chi connectivity index (χ1v) is 4.89. The van der Waals surface area contributed by atoms with Crippen LogP contribution >= 0.6 is 0 Å². The van der Waals surface area contributed by atoms with E-state index in [0.717, 1.165) is 5.56 Å². The molecule has 1 unspecified atom stereocenters.